The molecule has 98 valence electrons. The Hall–Kier alpha value is -1.58. The molecule has 3 nitrogen and oxygen atoms in total. The molecule has 2 rings (SSSR count). The SMILES string of the molecule is CC(Cc1ccccc1F)NC(=O)N1CCCC1. The van der Waals surface area contributed by atoms with Crippen LogP contribution in [0.3, 0.4) is 0 Å². The van der Waals surface area contributed by atoms with Gasteiger partial charge in [0, 0.05) is 19.1 Å². The molecular formula is C14H19FN2O. The van der Waals surface area contributed by atoms with Crippen molar-refractivity contribution >= 4 is 6.03 Å². The zero-order valence-corrected chi connectivity index (χ0v) is 10.7. The van der Waals surface area contributed by atoms with E-state index < -0.39 is 0 Å². The molecule has 1 atom stereocenters. The summed E-state index contributed by atoms with van der Waals surface area (Å²) in [6.45, 7) is 3.57. The summed E-state index contributed by atoms with van der Waals surface area (Å²) in [4.78, 5) is 13.7. The van der Waals surface area contributed by atoms with Crippen molar-refractivity contribution in [3.8, 4) is 0 Å². The number of hydrogen-bond donors (Lipinski definition) is 1. The lowest BCUT2D eigenvalue weighted by Crippen LogP contribution is -2.43. The van der Waals surface area contributed by atoms with Crippen LogP contribution in [0.4, 0.5) is 9.18 Å². The van der Waals surface area contributed by atoms with Gasteiger partial charge in [0.1, 0.15) is 5.82 Å². The smallest absolute Gasteiger partial charge is 0.317 e. The van der Waals surface area contributed by atoms with E-state index in [0.29, 0.717) is 12.0 Å². The number of likely N-dealkylation sites (tertiary alicyclic amines) is 1. The van der Waals surface area contributed by atoms with Gasteiger partial charge in [-0.2, -0.15) is 0 Å². The lowest BCUT2D eigenvalue weighted by atomic mass is 10.1. The third-order valence-electron chi connectivity index (χ3n) is 3.25. The van der Waals surface area contributed by atoms with E-state index in [1.54, 1.807) is 12.1 Å². The van der Waals surface area contributed by atoms with Crippen molar-refractivity contribution in [2.75, 3.05) is 13.1 Å². The molecule has 0 aromatic heterocycles. The van der Waals surface area contributed by atoms with Crippen LogP contribution in [0.5, 0.6) is 0 Å². The first-order valence-electron chi connectivity index (χ1n) is 6.45. The topological polar surface area (TPSA) is 32.3 Å². The van der Waals surface area contributed by atoms with E-state index in [4.69, 9.17) is 0 Å². The second kappa shape index (κ2) is 5.85. The second-order valence-corrected chi connectivity index (χ2v) is 4.84. The zero-order chi connectivity index (χ0) is 13.0. The summed E-state index contributed by atoms with van der Waals surface area (Å²) < 4.78 is 13.5. The van der Waals surface area contributed by atoms with Gasteiger partial charge in [0.2, 0.25) is 0 Å². The molecule has 1 fully saturated rings. The molecule has 2 amide bonds. The maximum atomic E-state index is 13.5. The Morgan fingerprint density at radius 1 is 1.39 bits per heavy atom. The molecule has 1 aromatic rings. The molecule has 0 radical (unpaired) electrons. The molecule has 1 saturated heterocycles. The first kappa shape index (κ1) is 12.9. The summed E-state index contributed by atoms with van der Waals surface area (Å²) in [7, 11) is 0. The number of nitrogens with one attached hydrogen (secondary N) is 1. The van der Waals surface area contributed by atoms with Crippen LogP contribution >= 0.6 is 0 Å². The lowest BCUT2D eigenvalue weighted by Gasteiger charge is -2.20. The van der Waals surface area contributed by atoms with Gasteiger partial charge in [-0.25, -0.2) is 9.18 Å². The van der Waals surface area contributed by atoms with Gasteiger partial charge in [-0.3, -0.25) is 0 Å². The van der Waals surface area contributed by atoms with E-state index in [0.717, 1.165) is 25.9 Å². The first-order valence-corrected chi connectivity index (χ1v) is 6.45. The largest absolute Gasteiger partial charge is 0.335 e. The third-order valence-corrected chi connectivity index (χ3v) is 3.25. The molecule has 4 heteroatoms. The monoisotopic (exact) mass is 250 g/mol. The van der Waals surface area contributed by atoms with E-state index in [1.165, 1.54) is 6.07 Å². The molecule has 0 aliphatic carbocycles. The predicted molar refractivity (Wildman–Crippen MR) is 68.9 cm³/mol. The fourth-order valence-corrected chi connectivity index (χ4v) is 2.27. The fourth-order valence-electron chi connectivity index (χ4n) is 2.27. The Kier molecular flexibility index (Phi) is 4.18. The summed E-state index contributed by atoms with van der Waals surface area (Å²) in [5, 5.41) is 2.92. The summed E-state index contributed by atoms with van der Waals surface area (Å²) in [6.07, 6.45) is 2.68. The number of carbonyl (C=O) groups is 1. The molecule has 1 heterocycles. The standard InChI is InChI=1S/C14H19FN2O/c1-11(10-12-6-2-3-7-13(12)15)16-14(18)17-8-4-5-9-17/h2-3,6-7,11H,4-5,8-10H2,1H3,(H,16,18). The molecule has 1 aliphatic heterocycles. The minimum Gasteiger partial charge on any atom is -0.335 e. The van der Waals surface area contributed by atoms with Gasteiger partial charge in [-0.05, 0) is 37.8 Å². The fraction of sp³-hybridized carbons (Fsp3) is 0.500. The lowest BCUT2D eigenvalue weighted by molar-refractivity contribution is 0.205. The highest BCUT2D eigenvalue weighted by atomic mass is 19.1. The van der Waals surface area contributed by atoms with Crippen LogP contribution in [0.1, 0.15) is 25.3 Å². The van der Waals surface area contributed by atoms with Crippen LogP contribution in [0.2, 0.25) is 0 Å². The molecular weight excluding hydrogens is 231 g/mol. The van der Waals surface area contributed by atoms with E-state index in [-0.39, 0.29) is 17.9 Å². The third kappa shape index (κ3) is 3.22. The highest BCUT2D eigenvalue weighted by Gasteiger charge is 2.19. The Morgan fingerprint density at radius 2 is 2.06 bits per heavy atom. The number of urea groups is 1. The van der Waals surface area contributed by atoms with E-state index in [2.05, 4.69) is 5.32 Å². The summed E-state index contributed by atoms with van der Waals surface area (Å²) in [5.41, 5.74) is 0.645. The number of rotatable bonds is 3. The van der Waals surface area contributed by atoms with Crippen molar-refractivity contribution in [1.82, 2.24) is 10.2 Å². The number of halogens is 1. The Bertz CT molecular complexity index is 416. The number of benzene rings is 1. The van der Waals surface area contributed by atoms with Gasteiger partial charge in [0.25, 0.3) is 0 Å². The van der Waals surface area contributed by atoms with Crippen molar-refractivity contribution in [2.24, 2.45) is 0 Å². The first-order chi connectivity index (χ1) is 8.66. The summed E-state index contributed by atoms with van der Waals surface area (Å²) >= 11 is 0. The number of carbonyl (C=O) groups excluding carboxylic acids is 1. The van der Waals surface area contributed by atoms with Gasteiger partial charge < -0.3 is 10.2 Å². The minimum absolute atomic E-state index is 0.0312. The molecule has 1 unspecified atom stereocenters. The maximum Gasteiger partial charge on any atom is 0.317 e. The average Bonchev–Trinajstić information content (AvgIpc) is 2.85. The Morgan fingerprint density at radius 3 is 2.72 bits per heavy atom. The van der Waals surface area contributed by atoms with E-state index >= 15 is 0 Å². The van der Waals surface area contributed by atoms with Crippen LogP contribution in [0.15, 0.2) is 24.3 Å². The predicted octanol–water partition coefficient (Wildman–Crippen LogP) is 2.56. The Balaban J connectivity index is 1.86. The maximum absolute atomic E-state index is 13.5. The van der Waals surface area contributed by atoms with Crippen LogP contribution in [0, 0.1) is 5.82 Å². The van der Waals surface area contributed by atoms with Crippen LogP contribution in [-0.2, 0) is 6.42 Å². The number of amides is 2. The van der Waals surface area contributed by atoms with Crippen molar-refractivity contribution < 1.29 is 9.18 Å². The molecule has 0 spiro atoms. The molecule has 0 saturated carbocycles. The van der Waals surface area contributed by atoms with E-state index in [9.17, 15) is 9.18 Å². The second-order valence-electron chi connectivity index (χ2n) is 4.84. The van der Waals surface area contributed by atoms with Crippen molar-refractivity contribution in [1.29, 1.82) is 0 Å². The molecule has 1 aromatic carbocycles. The highest BCUT2D eigenvalue weighted by Crippen LogP contribution is 2.10. The van der Waals surface area contributed by atoms with E-state index in [1.807, 2.05) is 17.9 Å². The summed E-state index contributed by atoms with van der Waals surface area (Å²) in [5.74, 6) is -0.209. The molecule has 1 aliphatic rings. The van der Waals surface area contributed by atoms with Crippen LogP contribution in [0.25, 0.3) is 0 Å². The quantitative estimate of drug-likeness (QED) is 0.878. The van der Waals surface area contributed by atoms with Crippen molar-refractivity contribution in [2.45, 2.75) is 32.2 Å². The van der Waals surface area contributed by atoms with Gasteiger partial charge in [0.05, 0.1) is 0 Å². The van der Waals surface area contributed by atoms with Gasteiger partial charge in [-0.15, -0.1) is 0 Å². The van der Waals surface area contributed by atoms with Gasteiger partial charge in [-0.1, -0.05) is 18.2 Å². The normalized spacial score (nSPS) is 16.7. The van der Waals surface area contributed by atoms with Crippen molar-refractivity contribution in [3.05, 3.63) is 35.6 Å². The molecule has 18 heavy (non-hydrogen) atoms. The van der Waals surface area contributed by atoms with Gasteiger partial charge >= 0.3 is 6.03 Å². The van der Waals surface area contributed by atoms with Crippen LogP contribution in [-0.4, -0.2) is 30.1 Å². The average molecular weight is 250 g/mol. The minimum atomic E-state index is -0.209. The van der Waals surface area contributed by atoms with Gasteiger partial charge in [0.15, 0.2) is 0 Å². The highest BCUT2D eigenvalue weighted by molar-refractivity contribution is 5.74. The Labute approximate surface area is 107 Å². The molecule has 1 N–H and O–H groups in total. The summed E-state index contributed by atoms with van der Waals surface area (Å²) in [6, 6.07) is 6.60. The number of nitrogens with zero attached hydrogens (tertiary/aromatic N) is 1. The number of hydrogen-bond acceptors (Lipinski definition) is 1. The molecule has 0 bridgehead atoms. The van der Waals surface area contributed by atoms with Crippen molar-refractivity contribution in [3.63, 3.8) is 0 Å². The van der Waals surface area contributed by atoms with Crippen LogP contribution < -0.4 is 5.32 Å². The zero-order valence-electron chi connectivity index (χ0n) is 10.7.